The summed E-state index contributed by atoms with van der Waals surface area (Å²) in [5, 5.41) is 12.0. The van der Waals surface area contributed by atoms with Gasteiger partial charge in [0.2, 0.25) is 11.2 Å². The summed E-state index contributed by atoms with van der Waals surface area (Å²) >= 11 is 5.98. The maximum Gasteiger partial charge on any atom is 0.235 e. The molecule has 22 rings (SSSR count). The molecule has 0 bridgehead atoms. The van der Waals surface area contributed by atoms with Crippen LogP contribution in [0.3, 0.4) is 0 Å². The summed E-state index contributed by atoms with van der Waals surface area (Å²) in [7, 11) is 0. The van der Waals surface area contributed by atoms with E-state index in [0.29, 0.717) is 5.95 Å². The summed E-state index contributed by atoms with van der Waals surface area (Å²) in [5.41, 5.74) is 21.8. The summed E-state index contributed by atoms with van der Waals surface area (Å²) in [6.45, 7) is 0. The summed E-state index contributed by atoms with van der Waals surface area (Å²) in [6, 6.07) is 110. The van der Waals surface area contributed by atoms with Gasteiger partial charge in [-0.3, -0.25) is 4.57 Å². The zero-order valence-electron chi connectivity index (χ0n) is 52.8. The molecule has 8 heterocycles. The van der Waals surface area contributed by atoms with Gasteiger partial charge in [-0.2, -0.15) is 0 Å². The molecular formula is C88H53ClN8O2. The number of aromatic amines is 1. The zero-order chi connectivity index (χ0) is 65.2. The highest BCUT2D eigenvalue weighted by atomic mass is 35.5. The Morgan fingerprint density at radius 2 is 0.657 bits per heavy atom. The van der Waals surface area contributed by atoms with E-state index in [9.17, 15) is 0 Å². The molecule has 11 heteroatoms. The number of fused-ring (bicyclic) bond motifs is 16. The highest BCUT2D eigenvalue weighted by Crippen LogP contribution is 2.48. The van der Waals surface area contributed by atoms with Crippen LogP contribution in [0, 0.1) is 0 Å². The van der Waals surface area contributed by atoms with Crippen molar-refractivity contribution >= 4 is 121 Å². The van der Waals surface area contributed by atoms with Gasteiger partial charge in [-0.05, 0) is 179 Å². The van der Waals surface area contributed by atoms with Gasteiger partial charge in [0.15, 0.2) is 0 Å². The topological polar surface area (TPSA) is 101 Å². The van der Waals surface area contributed by atoms with Gasteiger partial charge in [0, 0.05) is 76.6 Å². The van der Waals surface area contributed by atoms with Gasteiger partial charge in [0.25, 0.3) is 0 Å². The van der Waals surface area contributed by atoms with E-state index in [0.717, 1.165) is 94.8 Å². The fraction of sp³-hybridized carbons (Fsp3) is 0. The lowest BCUT2D eigenvalue weighted by Crippen LogP contribution is -2.06. The minimum Gasteiger partial charge on any atom is -0.456 e. The molecule has 20 aromatic rings. The molecule has 0 spiro atoms. The van der Waals surface area contributed by atoms with Gasteiger partial charge >= 0.3 is 0 Å². The smallest absolute Gasteiger partial charge is 0.235 e. The molecule has 6 aromatic heterocycles. The van der Waals surface area contributed by atoms with E-state index in [-0.39, 0.29) is 5.28 Å². The Bertz CT molecular complexity index is 6710. The van der Waals surface area contributed by atoms with E-state index < -0.39 is 0 Å². The van der Waals surface area contributed by atoms with Crippen LogP contribution >= 0.6 is 11.6 Å². The van der Waals surface area contributed by atoms with Crippen LogP contribution in [-0.2, 0) is 0 Å². The first-order valence-corrected chi connectivity index (χ1v) is 33.4. The number of nitrogens with zero attached hydrogens (tertiary/aromatic N) is 7. The first-order valence-electron chi connectivity index (χ1n) is 33.0. The molecule has 99 heavy (non-hydrogen) atoms. The second-order valence-corrected chi connectivity index (χ2v) is 25.4. The standard InChI is InChI=1S/C44H26N4O.C30H20N2.C14H7ClN2O/c1-2-11-29(12-3-1)47-36-17-7-4-13-30(36)33-25-27(21-23-38(33)47)28-22-24-39-34(26-28)31-14-5-8-18-37(31)48(39)44-45-35-16-10-20-41-42(35)43(46-44)32-15-6-9-19-40(32)49-41;1-2-8-22(9-3-1)32-29-13-7-5-11-24(29)26-19-21(15-17-30(26)32)20-14-16-28-25(18-20)23-10-4-6-12-27(23)31-28;15-14-16-9-5-3-7-11-12(9)13(17-14)8-4-1-2-6-10(8)18-11/h1-26H;1-19,31H;1-7H. The zero-order valence-corrected chi connectivity index (χ0v) is 53.6. The monoisotopic (exact) mass is 1290 g/mol. The van der Waals surface area contributed by atoms with E-state index in [1.54, 1.807) is 0 Å². The summed E-state index contributed by atoms with van der Waals surface area (Å²) in [5.74, 6) is 3.81. The van der Waals surface area contributed by atoms with Crippen LogP contribution < -0.4 is 9.47 Å². The van der Waals surface area contributed by atoms with E-state index in [1.165, 1.54) is 93.4 Å². The third-order valence-electron chi connectivity index (χ3n) is 19.5. The fourth-order valence-corrected chi connectivity index (χ4v) is 15.2. The van der Waals surface area contributed by atoms with Gasteiger partial charge in [-0.25, -0.2) is 19.9 Å². The molecule has 464 valence electrons. The maximum absolute atomic E-state index is 6.26. The van der Waals surface area contributed by atoms with Crippen molar-refractivity contribution in [3.8, 4) is 85.1 Å². The lowest BCUT2D eigenvalue weighted by molar-refractivity contribution is 0.486. The Kier molecular flexibility index (Phi) is 12.8. The number of halogens is 1. The van der Waals surface area contributed by atoms with Crippen LogP contribution in [-0.4, -0.2) is 38.6 Å². The van der Waals surface area contributed by atoms with Crippen LogP contribution in [0.15, 0.2) is 315 Å². The molecular weight excluding hydrogens is 1240 g/mol. The normalized spacial score (nSPS) is 12.1. The first kappa shape index (κ1) is 56.2. The highest BCUT2D eigenvalue weighted by molar-refractivity contribution is 6.29. The van der Waals surface area contributed by atoms with Gasteiger partial charge in [-0.1, -0.05) is 170 Å². The third-order valence-corrected chi connectivity index (χ3v) is 19.6. The van der Waals surface area contributed by atoms with E-state index in [1.807, 2.05) is 78.9 Å². The average Bonchev–Trinajstić information content (AvgIpc) is 1.73. The van der Waals surface area contributed by atoms with Crippen LogP contribution in [0.2, 0.25) is 5.28 Å². The van der Waals surface area contributed by atoms with Crippen LogP contribution in [0.25, 0.3) is 171 Å². The Hall–Kier alpha value is -13.2. The van der Waals surface area contributed by atoms with Crippen molar-refractivity contribution in [3.63, 3.8) is 0 Å². The highest BCUT2D eigenvalue weighted by Gasteiger charge is 2.26. The Balaban J connectivity index is 0.000000113. The second kappa shape index (κ2) is 22.5. The molecule has 14 aromatic carbocycles. The molecule has 0 atom stereocenters. The molecule has 0 saturated carbocycles. The van der Waals surface area contributed by atoms with Crippen molar-refractivity contribution in [2.75, 3.05) is 0 Å². The number of hydrogen-bond acceptors (Lipinski definition) is 6. The maximum atomic E-state index is 6.26. The van der Waals surface area contributed by atoms with E-state index >= 15 is 0 Å². The molecule has 0 aliphatic carbocycles. The van der Waals surface area contributed by atoms with Gasteiger partial charge in [0.05, 0.1) is 66.3 Å². The molecule has 2 aliphatic heterocycles. The predicted molar refractivity (Wildman–Crippen MR) is 405 cm³/mol. The quantitative estimate of drug-likeness (QED) is 0.172. The van der Waals surface area contributed by atoms with Gasteiger partial charge in [0.1, 0.15) is 23.0 Å². The largest absolute Gasteiger partial charge is 0.456 e. The minimum absolute atomic E-state index is 0.256. The summed E-state index contributed by atoms with van der Waals surface area (Å²) in [4.78, 5) is 22.5. The summed E-state index contributed by atoms with van der Waals surface area (Å²) in [6.07, 6.45) is 0. The number of hydrogen-bond donors (Lipinski definition) is 1. The molecule has 1 N–H and O–H groups in total. The number of para-hydroxylation sites is 8. The van der Waals surface area contributed by atoms with Crippen LogP contribution in [0.5, 0.6) is 23.0 Å². The Morgan fingerprint density at radius 3 is 1.19 bits per heavy atom. The fourth-order valence-electron chi connectivity index (χ4n) is 15.1. The molecule has 10 nitrogen and oxygen atoms in total. The molecule has 2 aliphatic rings. The lowest BCUT2D eigenvalue weighted by atomic mass is 10.0. The number of rotatable bonds is 5. The first-order chi connectivity index (χ1) is 49.0. The second-order valence-electron chi connectivity index (χ2n) is 25.1. The number of aromatic nitrogens is 8. The third kappa shape index (κ3) is 9.11. The Labute approximate surface area is 571 Å². The van der Waals surface area contributed by atoms with Crippen molar-refractivity contribution < 1.29 is 9.47 Å². The lowest BCUT2D eigenvalue weighted by Gasteiger charge is -2.20. The minimum atomic E-state index is 0.256. The number of ether oxygens (including phenoxy) is 2. The van der Waals surface area contributed by atoms with Crippen molar-refractivity contribution in [3.05, 3.63) is 321 Å². The van der Waals surface area contributed by atoms with Crippen LogP contribution in [0.4, 0.5) is 0 Å². The number of benzene rings is 14. The molecule has 0 radical (unpaired) electrons. The summed E-state index contributed by atoms with van der Waals surface area (Å²) < 4.78 is 19.0. The van der Waals surface area contributed by atoms with Crippen molar-refractivity contribution in [1.82, 2.24) is 38.6 Å². The SMILES string of the molecule is Clc1nc2c3c(cccc3n1)Oc1ccccc1-2.c1ccc(-n2c3ccccc3c3cc(-c4ccc5[nH]c6ccccc6c5c4)ccc32)cc1.c1ccc(-n2c3ccccc3c3cc(-c4ccc5c(c4)c4ccccc4n5-c4nc5c6c(cccc6n4)Oc4ccccc4-5)ccc32)cc1. The van der Waals surface area contributed by atoms with Gasteiger partial charge < -0.3 is 23.6 Å². The predicted octanol–water partition coefficient (Wildman–Crippen LogP) is 23.4. The number of nitrogens with one attached hydrogen (secondary N) is 1. The van der Waals surface area contributed by atoms with Crippen molar-refractivity contribution in [1.29, 1.82) is 0 Å². The van der Waals surface area contributed by atoms with E-state index in [2.05, 4.69) is 265 Å². The molecule has 0 saturated heterocycles. The number of H-pyrrole nitrogens is 1. The molecule has 0 fully saturated rings. The molecule has 0 unspecified atom stereocenters. The van der Waals surface area contributed by atoms with Crippen molar-refractivity contribution in [2.24, 2.45) is 0 Å². The van der Waals surface area contributed by atoms with Gasteiger partial charge in [-0.15, -0.1) is 0 Å². The Morgan fingerprint density at radius 1 is 0.273 bits per heavy atom. The van der Waals surface area contributed by atoms with Crippen molar-refractivity contribution in [2.45, 2.75) is 0 Å². The van der Waals surface area contributed by atoms with E-state index in [4.69, 9.17) is 31.0 Å². The molecule has 0 amide bonds. The average molecular weight is 1290 g/mol. The van der Waals surface area contributed by atoms with Crippen LogP contribution in [0.1, 0.15) is 0 Å².